The van der Waals surface area contributed by atoms with Crippen LogP contribution in [0.25, 0.3) is 0 Å². The fourth-order valence-corrected chi connectivity index (χ4v) is 3.96. The van der Waals surface area contributed by atoms with Crippen molar-refractivity contribution in [1.82, 2.24) is 0 Å². The van der Waals surface area contributed by atoms with Crippen LogP contribution in [0.2, 0.25) is 0 Å². The standard InChI is InChI=1S/C13H20BrNOS/c1-9-3-2-4-11(5-9)16-12(7-15)13-6-10(14)8-17-13/h6,8-9,11-12H,2-5,7,15H2,1H3. The Balaban J connectivity index is 1.95. The van der Waals surface area contributed by atoms with Crippen molar-refractivity contribution in [3.05, 3.63) is 20.8 Å². The molecule has 2 nitrogen and oxygen atoms in total. The summed E-state index contributed by atoms with van der Waals surface area (Å²) in [6.07, 6.45) is 5.47. The first-order valence-electron chi connectivity index (χ1n) is 6.28. The zero-order chi connectivity index (χ0) is 12.3. The van der Waals surface area contributed by atoms with Gasteiger partial charge in [-0.2, -0.15) is 0 Å². The van der Waals surface area contributed by atoms with Crippen LogP contribution in [0.15, 0.2) is 15.9 Å². The summed E-state index contributed by atoms with van der Waals surface area (Å²) in [6.45, 7) is 2.88. The molecule has 2 rings (SSSR count). The van der Waals surface area contributed by atoms with Gasteiger partial charge in [-0.25, -0.2) is 0 Å². The van der Waals surface area contributed by atoms with Crippen molar-refractivity contribution in [1.29, 1.82) is 0 Å². The Kier molecular flexibility index (Phi) is 5.03. The van der Waals surface area contributed by atoms with E-state index in [2.05, 4.69) is 34.3 Å². The van der Waals surface area contributed by atoms with Crippen molar-refractivity contribution in [2.45, 2.75) is 44.8 Å². The second-order valence-electron chi connectivity index (χ2n) is 4.92. The Morgan fingerprint density at radius 1 is 1.59 bits per heavy atom. The van der Waals surface area contributed by atoms with E-state index >= 15 is 0 Å². The molecule has 1 aromatic heterocycles. The molecule has 0 bridgehead atoms. The molecule has 1 fully saturated rings. The Morgan fingerprint density at radius 2 is 2.41 bits per heavy atom. The quantitative estimate of drug-likeness (QED) is 0.907. The molecule has 0 amide bonds. The molecule has 1 aliphatic carbocycles. The number of halogens is 1. The minimum Gasteiger partial charge on any atom is -0.368 e. The first-order chi connectivity index (χ1) is 8.19. The molecule has 3 unspecified atom stereocenters. The molecular weight excluding hydrogens is 298 g/mol. The summed E-state index contributed by atoms with van der Waals surface area (Å²) in [4.78, 5) is 1.23. The van der Waals surface area contributed by atoms with Crippen molar-refractivity contribution in [3.8, 4) is 0 Å². The predicted octanol–water partition coefficient (Wildman–Crippen LogP) is 4.11. The van der Waals surface area contributed by atoms with Gasteiger partial charge in [-0.15, -0.1) is 11.3 Å². The van der Waals surface area contributed by atoms with E-state index in [4.69, 9.17) is 10.5 Å². The normalized spacial score (nSPS) is 27.0. The van der Waals surface area contributed by atoms with E-state index in [0.717, 1.165) is 10.4 Å². The Hall–Kier alpha value is 0.1000. The number of hydrogen-bond acceptors (Lipinski definition) is 3. The van der Waals surface area contributed by atoms with E-state index in [1.807, 2.05) is 0 Å². The van der Waals surface area contributed by atoms with Crippen molar-refractivity contribution in [2.24, 2.45) is 11.7 Å². The van der Waals surface area contributed by atoms with Crippen LogP contribution in [-0.2, 0) is 4.74 Å². The molecule has 0 radical (unpaired) electrons. The number of nitrogens with two attached hydrogens (primary N) is 1. The first kappa shape index (κ1) is 13.5. The van der Waals surface area contributed by atoms with E-state index in [9.17, 15) is 0 Å². The largest absolute Gasteiger partial charge is 0.368 e. The minimum atomic E-state index is 0.0709. The second kappa shape index (κ2) is 6.32. The third-order valence-corrected chi connectivity index (χ3v) is 5.15. The van der Waals surface area contributed by atoms with E-state index < -0.39 is 0 Å². The minimum absolute atomic E-state index is 0.0709. The van der Waals surface area contributed by atoms with Gasteiger partial charge in [-0.05, 0) is 40.8 Å². The number of ether oxygens (including phenoxy) is 1. The lowest BCUT2D eigenvalue weighted by molar-refractivity contribution is -0.0345. The molecular formula is C13H20BrNOS. The maximum absolute atomic E-state index is 6.17. The highest BCUT2D eigenvalue weighted by atomic mass is 79.9. The highest BCUT2D eigenvalue weighted by molar-refractivity contribution is 9.10. The van der Waals surface area contributed by atoms with Gasteiger partial charge in [0.25, 0.3) is 0 Å². The van der Waals surface area contributed by atoms with Crippen molar-refractivity contribution in [2.75, 3.05) is 6.54 Å². The van der Waals surface area contributed by atoms with Crippen LogP contribution in [0.3, 0.4) is 0 Å². The summed E-state index contributed by atoms with van der Waals surface area (Å²) in [6, 6.07) is 2.12. The highest BCUT2D eigenvalue weighted by Gasteiger charge is 2.23. The first-order valence-corrected chi connectivity index (χ1v) is 7.95. The van der Waals surface area contributed by atoms with Gasteiger partial charge >= 0.3 is 0 Å². The van der Waals surface area contributed by atoms with Gasteiger partial charge in [0.15, 0.2) is 0 Å². The lowest BCUT2D eigenvalue weighted by atomic mass is 9.88. The van der Waals surface area contributed by atoms with Crippen LogP contribution < -0.4 is 5.73 Å². The van der Waals surface area contributed by atoms with E-state index in [0.29, 0.717) is 12.6 Å². The van der Waals surface area contributed by atoms with Gasteiger partial charge in [0, 0.05) is 21.3 Å². The number of rotatable bonds is 4. The monoisotopic (exact) mass is 317 g/mol. The number of hydrogen-bond donors (Lipinski definition) is 1. The molecule has 1 aliphatic rings. The molecule has 0 saturated heterocycles. The molecule has 3 atom stereocenters. The lowest BCUT2D eigenvalue weighted by Gasteiger charge is -2.29. The lowest BCUT2D eigenvalue weighted by Crippen LogP contribution is -2.26. The zero-order valence-electron chi connectivity index (χ0n) is 10.2. The van der Waals surface area contributed by atoms with Gasteiger partial charge in [0.1, 0.15) is 6.10 Å². The predicted molar refractivity (Wildman–Crippen MR) is 76.3 cm³/mol. The molecule has 1 aromatic rings. The fourth-order valence-electron chi connectivity index (χ4n) is 2.47. The Morgan fingerprint density at radius 3 is 3.00 bits per heavy atom. The van der Waals surface area contributed by atoms with E-state index in [-0.39, 0.29) is 6.10 Å². The average Bonchev–Trinajstić information content (AvgIpc) is 2.73. The molecule has 0 aromatic carbocycles. The van der Waals surface area contributed by atoms with Gasteiger partial charge in [-0.3, -0.25) is 0 Å². The van der Waals surface area contributed by atoms with Crippen LogP contribution in [-0.4, -0.2) is 12.6 Å². The van der Waals surface area contributed by atoms with Crippen LogP contribution >= 0.6 is 27.3 Å². The van der Waals surface area contributed by atoms with Crippen molar-refractivity contribution >= 4 is 27.3 Å². The van der Waals surface area contributed by atoms with Crippen LogP contribution in [0.5, 0.6) is 0 Å². The summed E-state index contributed by atoms with van der Waals surface area (Å²) in [5, 5.41) is 2.09. The molecule has 96 valence electrons. The molecule has 0 spiro atoms. The van der Waals surface area contributed by atoms with Gasteiger partial charge in [-0.1, -0.05) is 19.8 Å². The van der Waals surface area contributed by atoms with Gasteiger partial charge in [0.2, 0.25) is 0 Å². The molecule has 17 heavy (non-hydrogen) atoms. The number of thiophene rings is 1. The Bertz CT molecular complexity index is 355. The van der Waals surface area contributed by atoms with Gasteiger partial charge in [0.05, 0.1) is 6.10 Å². The summed E-state index contributed by atoms with van der Waals surface area (Å²) < 4.78 is 7.30. The van der Waals surface area contributed by atoms with Crippen LogP contribution in [0.4, 0.5) is 0 Å². The molecule has 4 heteroatoms. The highest BCUT2D eigenvalue weighted by Crippen LogP contribution is 2.32. The molecule has 1 heterocycles. The fraction of sp³-hybridized carbons (Fsp3) is 0.692. The summed E-state index contributed by atoms with van der Waals surface area (Å²) in [5.74, 6) is 0.794. The summed E-state index contributed by atoms with van der Waals surface area (Å²) in [7, 11) is 0. The topological polar surface area (TPSA) is 35.2 Å². The zero-order valence-corrected chi connectivity index (χ0v) is 12.6. The third-order valence-electron chi connectivity index (χ3n) is 3.36. The average molecular weight is 318 g/mol. The maximum atomic E-state index is 6.17. The Labute approximate surface area is 116 Å². The van der Waals surface area contributed by atoms with Crippen molar-refractivity contribution < 1.29 is 4.74 Å². The smallest absolute Gasteiger partial charge is 0.104 e. The molecule has 0 aliphatic heterocycles. The molecule has 1 saturated carbocycles. The van der Waals surface area contributed by atoms with E-state index in [1.165, 1.54) is 30.6 Å². The second-order valence-corrected chi connectivity index (χ2v) is 6.78. The maximum Gasteiger partial charge on any atom is 0.104 e. The van der Waals surface area contributed by atoms with Crippen LogP contribution in [0, 0.1) is 5.92 Å². The van der Waals surface area contributed by atoms with Crippen LogP contribution in [0.1, 0.15) is 43.6 Å². The van der Waals surface area contributed by atoms with Gasteiger partial charge < -0.3 is 10.5 Å². The van der Waals surface area contributed by atoms with E-state index in [1.54, 1.807) is 11.3 Å². The van der Waals surface area contributed by atoms with Crippen molar-refractivity contribution in [3.63, 3.8) is 0 Å². The third kappa shape index (κ3) is 3.78. The summed E-state index contributed by atoms with van der Waals surface area (Å²) >= 11 is 5.20. The SMILES string of the molecule is CC1CCCC(OC(CN)c2cc(Br)cs2)C1. The summed E-state index contributed by atoms with van der Waals surface area (Å²) in [5.41, 5.74) is 5.83. The molecule has 2 N–H and O–H groups in total.